The molecule has 3 aromatic rings. The van der Waals surface area contributed by atoms with E-state index in [4.69, 9.17) is 4.74 Å². The quantitative estimate of drug-likeness (QED) is 0.380. The van der Waals surface area contributed by atoms with Crippen molar-refractivity contribution in [3.63, 3.8) is 0 Å². The van der Waals surface area contributed by atoms with Crippen LogP contribution < -0.4 is 14.4 Å². The van der Waals surface area contributed by atoms with Crippen molar-refractivity contribution in [3.05, 3.63) is 84.4 Å². The third kappa shape index (κ3) is 6.33. The van der Waals surface area contributed by atoms with Crippen molar-refractivity contribution in [2.45, 2.75) is 29.6 Å². The Morgan fingerprint density at radius 3 is 2.29 bits per heavy atom. The number of para-hydroxylation sites is 2. The molecule has 3 rings (SSSR count). The number of carbonyl (C=O) groups excluding carboxylic acids is 1. The number of ether oxygens (including phenoxy) is 1. The van der Waals surface area contributed by atoms with E-state index in [-0.39, 0.29) is 17.4 Å². The smallest absolute Gasteiger partial charge is 0.264 e. The Balaban J connectivity index is 1.88. The van der Waals surface area contributed by atoms with Gasteiger partial charge in [-0.2, -0.15) is 0 Å². The number of nitrogens with zero attached hydrogens (tertiary/aromatic N) is 1. The molecule has 0 saturated heterocycles. The van der Waals surface area contributed by atoms with Crippen molar-refractivity contribution in [3.8, 4) is 5.75 Å². The highest BCUT2D eigenvalue weighted by atomic mass is 32.2. The lowest BCUT2D eigenvalue weighted by molar-refractivity contribution is -0.119. The average molecular weight is 499 g/mol. The molecule has 0 spiro atoms. The van der Waals surface area contributed by atoms with Gasteiger partial charge >= 0.3 is 0 Å². The van der Waals surface area contributed by atoms with Crippen LogP contribution in [-0.4, -0.2) is 40.3 Å². The first-order chi connectivity index (χ1) is 16.4. The van der Waals surface area contributed by atoms with Crippen molar-refractivity contribution in [1.29, 1.82) is 0 Å². The zero-order valence-corrected chi connectivity index (χ0v) is 21.2. The lowest BCUT2D eigenvalue weighted by atomic mass is 10.0. The van der Waals surface area contributed by atoms with Gasteiger partial charge in [0.15, 0.2) is 0 Å². The monoisotopic (exact) mass is 498 g/mol. The van der Waals surface area contributed by atoms with E-state index in [9.17, 15) is 13.2 Å². The molecule has 1 unspecified atom stereocenters. The molecule has 0 aromatic heterocycles. The zero-order chi connectivity index (χ0) is 24.6. The highest BCUT2D eigenvalue weighted by molar-refractivity contribution is 7.98. The summed E-state index contributed by atoms with van der Waals surface area (Å²) in [5.74, 6) is 0.100. The van der Waals surface area contributed by atoms with Crippen LogP contribution in [0.3, 0.4) is 0 Å². The van der Waals surface area contributed by atoms with E-state index in [0.717, 1.165) is 14.8 Å². The molecule has 0 fully saturated rings. The van der Waals surface area contributed by atoms with Crippen LogP contribution in [0.2, 0.25) is 0 Å². The van der Waals surface area contributed by atoms with Crippen molar-refractivity contribution in [1.82, 2.24) is 5.32 Å². The van der Waals surface area contributed by atoms with Gasteiger partial charge in [0.2, 0.25) is 5.91 Å². The van der Waals surface area contributed by atoms with Crippen LogP contribution in [0.5, 0.6) is 5.75 Å². The van der Waals surface area contributed by atoms with Gasteiger partial charge in [0, 0.05) is 11.4 Å². The first-order valence-corrected chi connectivity index (χ1v) is 13.7. The summed E-state index contributed by atoms with van der Waals surface area (Å²) < 4.78 is 34.1. The van der Waals surface area contributed by atoms with Crippen LogP contribution in [0.1, 0.15) is 25.3 Å². The minimum Gasteiger partial charge on any atom is -0.492 e. The Kier molecular flexibility index (Phi) is 9.01. The first-order valence-electron chi connectivity index (χ1n) is 11.1. The lowest BCUT2D eigenvalue weighted by Gasteiger charge is -2.26. The molecule has 0 saturated carbocycles. The normalized spacial score (nSPS) is 12.1. The van der Waals surface area contributed by atoms with Crippen LogP contribution >= 0.6 is 11.8 Å². The van der Waals surface area contributed by atoms with Gasteiger partial charge < -0.3 is 10.1 Å². The predicted octanol–water partition coefficient (Wildman–Crippen LogP) is 4.92. The Labute approximate surface area is 206 Å². The minimum absolute atomic E-state index is 0.0880. The van der Waals surface area contributed by atoms with Gasteiger partial charge in [-0.25, -0.2) is 8.42 Å². The summed E-state index contributed by atoms with van der Waals surface area (Å²) >= 11 is 1.53. The maximum Gasteiger partial charge on any atom is 0.264 e. The second-order valence-corrected chi connectivity index (χ2v) is 10.4. The summed E-state index contributed by atoms with van der Waals surface area (Å²) in [7, 11) is -4.02. The second kappa shape index (κ2) is 11.9. The van der Waals surface area contributed by atoms with E-state index < -0.39 is 15.9 Å². The molecule has 0 radical (unpaired) electrons. The highest BCUT2D eigenvalue weighted by Gasteiger charge is 2.29. The summed E-state index contributed by atoms with van der Waals surface area (Å²) in [5.41, 5.74) is 1.42. The minimum atomic E-state index is -4.02. The molecule has 1 amide bonds. The summed E-state index contributed by atoms with van der Waals surface area (Å²) in [6.07, 6.45) is 1.93. The van der Waals surface area contributed by atoms with E-state index in [2.05, 4.69) is 5.32 Å². The number of hydrogen-bond acceptors (Lipinski definition) is 5. The molecule has 1 N–H and O–H groups in total. The van der Waals surface area contributed by atoms with E-state index in [1.165, 1.54) is 11.8 Å². The van der Waals surface area contributed by atoms with E-state index >= 15 is 0 Å². The first kappa shape index (κ1) is 25.6. The summed E-state index contributed by atoms with van der Waals surface area (Å²) in [6, 6.07) is 23.3. The second-order valence-electron chi connectivity index (χ2n) is 7.70. The molecule has 34 heavy (non-hydrogen) atoms. The Morgan fingerprint density at radius 2 is 1.65 bits per heavy atom. The van der Waals surface area contributed by atoms with Crippen LogP contribution in [0.25, 0.3) is 0 Å². The molecule has 1 atom stereocenters. The van der Waals surface area contributed by atoms with E-state index in [1.807, 2.05) is 50.4 Å². The van der Waals surface area contributed by atoms with Gasteiger partial charge in [0.1, 0.15) is 12.3 Å². The zero-order valence-electron chi connectivity index (χ0n) is 19.6. The van der Waals surface area contributed by atoms with Crippen molar-refractivity contribution in [2.75, 3.05) is 30.3 Å². The van der Waals surface area contributed by atoms with Gasteiger partial charge in [-0.15, -0.1) is 11.8 Å². The number of anilines is 1. The highest BCUT2D eigenvalue weighted by Crippen LogP contribution is 2.33. The van der Waals surface area contributed by atoms with Crippen molar-refractivity contribution < 1.29 is 17.9 Å². The maximum atomic E-state index is 13.7. The van der Waals surface area contributed by atoms with Gasteiger partial charge in [0.05, 0.1) is 17.2 Å². The standard InChI is InChI=1S/C26H30N2O4S2/c1-4-32-25-13-9-8-12-24(25)28(34(30,31)23-16-14-22(33-3)15-17-23)19-26(29)27-18-20(2)21-10-6-5-7-11-21/h5-17,20H,4,18-19H2,1-3H3,(H,27,29). The third-order valence-corrected chi connectivity index (χ3v) is 7.86. The number of thioether (sulfide) groups is 1. The summed E-state index contributed by atoms with van der Waals surface area (Å²) in [6.45, 7) is 4.24. The largest absolute Gasteiger partial charge is 0.492 e. The van der Waals surface area contributed by atoms with Crippen LogP contribution in [0.4, 0.5) is 5.69 Å². The molecule has 0 heterocycles. The summed E-state index contributed by atoms with van der Waals surface area (Å²) in [4.78, 5) is 14.0. The molecule has 0 bridgehead atoms. The van der Waals surface area contributed by atoms with E-state index in [1.54, 1.807) is 48.5 Å². The fourth-order valence-electron chi connectivity index (χ4n) is 3.47. The Bertz CT molecular complexity index is 1180. The predicted molar refractivity (Wildman–Crippen MR) is 138 cm³/mol. The Morgan fingerprint density at radius 1 is 1.00 bits per heavy atom. The molecular weight excluding hydrogens is 468 g/mol. The maximum absolute atomic E-state index is 13.7. The molecule has 0 aliphatic rings. The number of amides is 1. The van der Waals surface area contributed by atoms with Crippen LogP contribution in [0.15, 0.2) is 88.7 Å². The van der Waals surface area contributed by atoms with Gasteiger partial charge in [0.25, 0.3) is 10.0 Å². The van der Waals surface area contributed by atoms with Gasteiger partial charge in [-0.05, 0) is 61.1 Å². The van der Waals surface area contributed by atoms with E-state index in [0.29, 0.717) is 24.6 Å². The van der Waals surface area contributed by atoms with Crippen LogP contribution in [-0.2, 0) is 14.8 Å². The number of rotatable bonds is 11. The van der Waals surface area contributed by atoms with Gasteiger partial charge in [-0.3, -0.25) is 9.10 Å². The number of carbonyl (C=O) groups is 1. The summed E-state index contributed by atoms with van der Waals surface area (Å²) in [5, 5.41) is 2.89. The topological polar surface area (TPSA) is 75.7 Å². The fraction of sp³-hybridized carbons (Fsp3) is 0.269. The molecule has 180 valence electrons. The third-order valence-electron chi connectivity index (χ3n) is 5.34. The average Bonchev–Trinajstić information content (AvgIpc) is 2.87. The molecule has 0 aliphatic heterocycles. The molecule has 0 aliphatic carbocycles. The van der Waals surface area contributed by atoms with Crippen LogP contribution in [0, 0.1) is 0 Å². The number of benzene rings is 3. The molecule has 3 aromatic carbocycles. The van der Waals surface area contributed by atoms with Crippen molar-refractivity contribution >= 4 is 33.4 Å². The fourth-order valence-corrected chi connectivity index (χ4v) is 5.31. The lowest BCUT2D eigenvalue weighted by Crippen LogP contribution is -2.42. The SMILES string of the molecule is CCOc1ccccc1N(CC(=O)NCC(C)c1ccccc1)S(=O)(=O)c1ccc(SC)cc1. The Hall–Kier alpha value is -2.97. The number of sulfonamides is 1. The van der Waals surface area contributed by atoms with Crippen molar-refractivity contribution in [2.24, 2.45) is 0 Å². The molecule has 6 nitrogen and oxygen atoms in total. The molecule has 8 heteroatoms. The van der Waals surface area contributed by atoms with Gasteiger partial charge in [-0.1, -0.05) is 49.4 Å². The number of nitrogens with one attached hydrogen (secondary N) is 1. The number of hydrogen-bond donors (Lipinski definition) is 1. The molecular formula is C26H30N2O4S2.